The molecule has 17 heavy (non-hydrogen) atoms. The van der Waals surface area contributed by atoms with Gasteiger partial charge in [-0.05, 0) is 26.3 Å². The molecule has 1 aliphatic rings. The van der Waals surface area contributed by atoms with Gasteiger partial charge in [-0.1, -0.05) is 6.92 Å². The van der Waals surface area contributed by atoms with Crippen molar-refractivity contribution in [3.63, 3.8) is 0 Å². The normalized spacial score (nSPS) is 16.6. The molecule has 0 radical (unpaired) electrons. The first kappa shape index (κ1) is 12.3. The molecule has 1 atom stereocenters. The Balaban J connectivity index is 2.36. The average Bonchev–Trinajstić information content (AvgIpc) is 2.36. The Hall–Kier alpha value is -1.20. The van der Waals surface area contributed by atoms with Crippen molar-refractivity contribution >= 4 is 0 Å². The van der Waals surface area contributed by atoms with E-state index in [0.29, 0.717) is 19.0 Å². The Morgan fingerprint density at radius 1 is 1.47 bits per heavy atom. The van der Waals surface area contributed by atoms with Gasteiger partial charge in [0, 0.05) is 18.7 Å². The quantitative estimate of drug-likeness (QED) is 0.816. The second kappa shape index (κ2) is 5.42. The van der Waals surface area contributed by atoms with Gasteiger partial charge in [0.05, 0.1) is 5.69 Å². The highest BCUT2D eigenvalue weighted by Gasteiger charge is 2.18. The maximum atomic E-state index is 11.9. The van der Waals surface area contributed by atoms with Gasteiger partial charge >= 0.3 is 0 Å². The Labute approximate surface area is 101 Å². The maximum absolute atomic E-state index is 11.9. The molecule has 0 amide bonds. The minimum absolute atomic E-state index is 0.00958. The number of aromatic amines is 1. The molecule has 0 aliphatic carbocycles. The van der Waals surface area contributed by atoms with Crippen LogP contribution < -0.4 is 10.9 Å². The number of fused-ring (bicyclic) bond motifs is 1. The molecule has 0 saturated heterocycles. The number of aromatic nitrogens is 2. The lowest BCUT2D eigenvalue weighted by Crippen LogP contribution is -2.32. The Morgan fingerprint density at radius 3 is 3.00 bits per heavy atom. The molecule has 1 unspecified atom stereocenters. The number of ether oxygens (including phenoxy) is 1. The molecular formula is C12H19N3O2. The fourth-order valence-corrected chi connectivity index (χ4v) is 2.13. The van der Waals surface area contributed by atoms with Gasteiger partial charge in [0.25, 0.3) is 5.56 Å². The van der Waals surface area contributed by atoms with Crippen LogP contribution in [0.2, 0.25) is 0 Å². The van der Waals surface area contributed by atoms with Crippen LogP contribution in [0.25, 0.3) is 0 Å². The zero-order chi connectivity index (χ0) is 12.3. The third-order valence-electron chi connectivity index (χ3n) is 3.01. The topological polar surface area (TPSA) is 67.0 Å². The van der Waals surface area contributed by atoms with Crippen LogP contribution in [0.4, 0.5) is 0 Å². The first-order valence-corrected chi connectivity index (χ1v) is 6.20. The highest BCUT2D eigenvalue weighted by atomic mass is 16.5. The van der Waals surface area contributed by atoms with Crippen molar-refractivity contribution < 1.29 is 4.74 Å². The van der Waals surface area contributed by atoms with Gasteiger partial charge in [0.1, 0.15) is 11.9 Å². The monoisotopic (exact) mass is 237 g/mol. The predicted molar refractivity (Wildman–Crippen MR) is 64.9 cm³/mol. The molecule has 0 saturated carbocycles. The number of hydrogen-bond acceptors (Lipinski definition) is 4. The van der Waals surface area contributed by atoms with Crippen LogP contribution in [0.15, 0.2) is 4.79 Å². The number of hydrogen-bond donors (Lipinski definition) is 2. The summed E-state index contributed by atoms with van der Waals surface area (Å²) >= 11 is 0. The van der Waals surface area contributed by atoms with Crippen LogP contribution in [0, 0.1) is 0 Å². The molecule has 5 heteroatoms. The molecule has 5 nitrogen and oxygen atoms in total. The van der Waals surface area contributed by atoms with Crippen molar-refractivity contribution in [1.82, 2.24) is 15.3 Å². The molecule has 2 N–H and O–H groups in total. The molecule has 0 aromatic carbocycles. The standard InChI is InChI=1S/C12H19N3O2/c1-3-10(17-4-2)11-14-9-7-13-6-5-8(9)12(16)15-11/h10,13H,3-7H2,1-2H3,(H,14,15,16). The first-order chi connectivity index (χ1) is 8.26. The van der Waals surface area contributed by atoms with E-state index in [0.717, 1.165) is 30.6 Å². The SMILES string of the molecule is CCOC(CC)c1nc2c(c(=O)[nH]1)CCNC2. The van der Waals surface area contributed by atoms with Crippen molar-refractivity contribution in [1.29, 1.82) is 0 Å². The number of rotatable bonds is 4. The predicted octanol–water partition coefficient (Wildman–Crippen LogP) is 0.903. The van der Waals surface area contributed by atoms with Crippen molar-refractivity contribution in [2.24, 2.45) is 0 Å². The number of nitrogens with one attached hydrogen (secondary N) is 2. The van der Waals surface area contributed by atoms with Crippen molar-refractivity contribution in [3.8, 4) is 0 Å². The van der Waals surface area contributed by atoms with Crippen LogP contribution in [-0.2, 0) is 17.7 Å². The van der Waals surface area contributed by atoms with Crippen LogP contribution in [0.5, 0.6) is 0 Å². The van der Waals surface area contributed by atoms with Crippen molar-refractivity contribution in [3.05, 3.63) is 27.4 Å². The summed E-state index contributed by atoms with van der Waals surface area (Å²) in [6, 6.07) is 0. The molecule has 94 valence electrons. The summed E-state index contributed by atoms with van der Waals surface area (Å²) in [4.78, 5) is 19.3. The Kier molecular flexibility index (Phi) is 3.91. The van der Waals surface area contributed by atoms with Gasteiger partial charge in [-0.15, -0.1) is 0 Å². The third kappa shape index (κ3) is 2.56. The summed E-state index contributed by atoms with van der Waals surface area (Å²) in [7, 11) is 0. The molecule has 0 fully saturated rings. The Bertz CT molecular complexity index is 442. The fraction of sp³-hybridized carbons (Fsp3) is 0.667. The van der Waals surface area contributed by atoms with Gasteiger partial charge in [0.2, 0.25) is 0 Å². The molecule has 1 aliphatic heterocycles. The fourth-order valence-electron chi connectivity index (χ4n) is 2.13. The van der Waals surface area contributed by atoms with Gasteiger partial charge in [-0.3, -0.25) is 4.79 Å². The zero-order valence-electron chi connectivity index (χ0n) is 10.4. The van der Waals surface area contributed by atoms with E-state index < -0.39 is 0 Å². The van der Waals surface area contributed by atoms with E-state index >= 15 is 0 Å². The molecule has 1 aromatic heterocycles. The van der Waals surface area contributed by atoms with E-state index in [1.807, 2.05) is 13.8 Å². The smallest absolute Gasteiger partial charge is 0.254 e. The minimum Gasteiger partial charge on any atom is -0.371 e. The molecular weight excluding hydrogens is 218 g/mol. The molecule has 0 bridgehead atoms. The number of nitrogens with zero attached hydrogens (tertiary/aromatic N) is 1. The van der Waals surface area contributed by atoms with E-state index in [9.17, 15) is 4.79 Å². The van der Waals surface area contributed by atoms with Crippen LogP contribution in [0.3, 0.4) is 0 Å². The summed E-state index contributed by atoms with van der Waals surface area (Å²) in [5, 5.41) is 3.23. The largest absolute Gasteiger partial charge is 0.371 e. The summed E-state index contributed by atoms with van der Waals surface area (Å²) in [6.45, 7) is 6.12. The minimum atomic E-state index is -0.111. The summed E-state index contributed by atoms with van der Waals surface area (Å²) < 4.78 is 5.57. The van der Waals surface area contributed by atoms with Crippen LogP contribution in [-0.4, -0.2) is 23.1 Å². The summed E-state index contributed by atoms with van der Waals surface area (Å²) in [6.07, 6.45) is 1.45. The Morgan fingerprint density at radius 2 is 2.29 bits per heavy atom. The zero-order valence-corrected chi connectivity index (χ0v) is 10.4. The highest BCUT2D eigenvalue weighted by molar-refractivity contribution is 5.21. The van der Waals surface area contributed by atoms with E-state index in [-0.39, 0.29) is 11.7 Å². The lowest BCUT2D eigenvalue weighted by molar-refractivity contribution is 0.0530. The van der Waals surface area contributed by atoms with E-state index in [1.165, 1.54) is 0 Å². The van der Waals surface area contributed by atoms with Gasteiger partial charge in [0.15, 0.2) is 0 Å². The van der Waals surface area contributed by atoms with E-state index in [2.05, 4.69) is 15.3 Å². The van der Waals surface area contributed by atoms with Crippen molar-refractivity contribution in [2.75, 3.05) is 13.2 Å². The average molecular weight is 237 g/mol. The van der Waals surface area contributed by atoms with Gasteiger partial charge in [-0.25, -0.2) is 4.98 Å². The maximum Gasteiger partial charge on any atom is 0.254 e. The van der Waals surface area contributed by atoms with Gasteiger partial charge in [-0.2, -0.15) is 0 Å². The summed E-state index contributed by atoms with van der Waals surface area (Å²) in [5.41, 5.74) is 1.68. The second-order valence-electron chi connectivity index (χ2n) is 4.16. The number of H-pyrrole nitrogens is 1. The molecule has 2 rings (SSSR count). The van der Waals surface area contributed by atoms with Crippen LogP contribution >= 0.6 is 0 Å². The summed E-state index contributed by atoms with van der Waals surface area (Å²) in [5.74, 6) is 0.654. The molecule has 2 heterocycles. The van der Waals surface area contributed by atoms with Crippen molar-refractivity contribution in [2.45, 2.75) is 39.3 Å². The lowest BCUT2D eigenvalue weighted by atomic mass is 10.1. The third-order valence-corrected chi connectivity index (χ3v) is 3.01. The first-order valence-electron chi connectivity index (χ1n) is 6.20. The highest BCUT2D eigenvalue weighted by Crippen LogP contribution is 2.17. The van der Waals surface area contributed by atoms with E-state index in [4.69, 9.17) is 4.74 Å². The molecule has 0 spiro atoms. The molecule has 1 aromatic rings. The van der Waals surface area contributed by atoms with Crippen LogP contribution in [0.1, 0.15) is 43.5 Å². The van der Waals surface area contributed by atoms with E-state index in [1.54, 1.807) is 0 Å². The van der Waals surface area contributed by atoms with Gasteiger partial charge < -0.3 is 15.0 Å². The lowest BCUT2D eigenvalue weighted by Gasteiger charge is -2.19. The second-order valence-corrected chi connectivity index (χ2v) is 4.16.